The van der Waals surface area contributed by atoms with Crippen molar-refractivity contribution < 1.29 is 9.47 Å². The average molecular weight is 510 g/mol. The van der Waals surface area contributed by atoms with Gasteiger partial charge in [-0.25, -0.2) is 0 Å². The minimum absolute atomic E-state index is 0.787. The topological polar surface area (TPSA) is 24.9 Å². The Hall–Kier alpha value is -0.620. The maximum atomic E-state index is 5.41. The highest BCUT2D eigenvalue weighted by molar-refractivity contribution is 9.10. The number of benzene rings is 1. The number of ether oxygens (including phenoxy) is 2. The van der Waals surface area contributed by atoms with Crippen LogP contribution in [-0.4, -0.2) is 69.4 Å². The lowest BCUT2D eigenvalue weighted by Gasteiger charge is -2.37. The molecule has 32 heavy (non-hydrogen) atoms. The summed E-state index contributed by atoms with van der Waals surface area (Å²) in [6.07, 6.45) is 12.2. The summed E-state index contributed by atoms with van der Waals surface area (Å²) >= 11 is 3.72. The number of likely N-dealkylation sites (N-methyl/N-ethyl adjacent to an activating group) is 1. The minimum Gasteiger partial charge on any atom is -0.497 e. The van der Waals surface area contributed by atoms with Gasteiger partial charge in [0, 0.05) is 24.2 Å². The fraction of sp³-hybridized carbons (Fsp3) is 0.778. The lowest BCUT2D eigenvalue weighted by molar-refractivity contribution is 0.0947. The summed E-state index contributed by atoms with van der Waals surface area (Å²) in [5, 5.41) is 0. The van der Waals surface area contributed by atoms with Gasteiger partial charge in [-0.15, -0.1) is 0 Å². The van der Waals surface area contributed by atoms with Crippen molar-refractivity contribution in [3.8, 4) is 5.75 Å². The molecule has 1 aliphatic carbocycles. The molecule has 0 N–H and O–H groups in total. The van der Waals surface area contributed by atoms with Gasteiger partial charge in [-0.2, -0.15) is 0 Å². The first-order valence-electron chi connectivity index (χ1n) is 12.9. The van der Waals surface area contributed by atoms with E-state index < -0.39 is 0 Å². The molecule has 0 spiro atoms. The fourth-order valence-electron chi connectivity index (χ4n) is 5.77. The average Bonchev–Trinajstić information content (AvgIpc) is 2.83. The standard InChI is InChI=1S/C27H45BrN2O2/c1-4-30(18-19-31-2)25-9-7-22(8-10-25)6-5-15-29-16-13-23(14-17-29)20-24-21-26(32-3)11-12-27(24)28/h11-12,21-23,25H,4-10,13-20H2,1-3H3. The number of methoxy groups -OCH3 is 2. The molecular weight excluding hydrogens is 464 g/mol. The van der Waals surface area contributed by atoms with Gasteiger partial charge in [0.25, 0.3) is 0 Å². The highest BCUT2D eigenvalue weighted by Gasteiger charge is 2.25. The lowest BCUT2D eigenvalue weighted by atomic mass is 9.82. The maximum Gasteiger partial charge on any atom is 0.119 e. The van der Waals surface area contributed by atoms with Crippen molar-refractivity contribution in [2.45, 2.75) is 70.8 Å². The van der Waals surface area contributed by atoms with Gasteiger partial charge in [0.15, 0.2) is 0 Å². The molecule has 3 rings (SSSR count). The van der Waals surface area contributed by atoms with Gasteiger partial charge >= 0.3 is 0 Å². The summed E-state index contributed by atoms with van der Waals surface area (Å²) in [4.78, 5) is 5.35. The molecule has 0 aromatic heterocycles. The van der Waals surface area contributed by atoms with Gasteiger partial charge in [-0.1, -0.05) is 22.9 Å². The number of likely N-dealkylation sites (tertiary alicyclic amines) is 1. The summed E-state index contributed by atoms with van der Waals surface area (Å²) < 4.78 is 11.9. The third kappa shape index (κ3) is 8.00. The largest absolute Gasteiger partial charge is 0.497 e. The second-order valence-corrected chi connectivity index (χ2v) is 10.7. The third-order valence-corrected chi connectivity index (χ3v) is 8.65. The minimum atomic E-state index is 0.787. The smallest absolute Gasteiger partial charge is 0.119 e. The Labute approximate surface area is 205 Å². The quantitative estimate of drug-likeness (QED) is 0.344. The molecule has 0 bridgehead atoms. The number of hydrogen-bond acceptors (Lipinski definition) is 4. The van der Waals surface area contributed by atoms with Crippen molar-refractivity contribution >= 4 is 15.9 Å². The molecule has 0 atom stereocenters. The summed E-state index contributed by atoms with van der Waals surface area (Å²) in [7, 11) is 3.56. The van der Waals surface area contributed by atoms with Crippen LogP contribution in [0.1, 0.15) is 63.9 Å². The van der Waals surface area contributed by atoms with Crippen LogP contribution in [0.25, 0.3) is 0 Å². The van der Waals surface area contributed by atoms with Crippen LogP contribution in [0.4, 0.5) is 0 Å². The molecule has 182 valence electrons. The normalized spacial score (nSPS) is 23.0. The number of nitrogens with zero attached hydrogens (tertiary/aromatic N) is 2. The van der Waals surface area contributed by atoms with E-state index in [-0.39, 0.29) is 0 Å². The molecule has 1 aliphatic heterocycles. The van der Waals surface area contributed by atoms with E-state index in [1.54, 1.807) is 7.11 Å². The van der Waals surface area contributed by atoms with Crippen LogP contribution < -0.4 is 4.74 Å². The van der Waals surface area contributed by atoms with Crippen molar-refractivity contribution in [3.63, 3.8) is 0 Å². The van der Waals surface area contributed by atoms with Crippen molar-refractivity contribution in [3.05, 3.63) is 28.2 Å². The molecule has 2 fully saturated rings. The van der Waals surface area contributed by atoms with Gasteiger partial charge in [0.2, 0.25) is 0 Å². The Morgan fingerprint density at radius 3 is 2.44 bits per heavy atom. The van der Waals surface area contributed by atoms with Crippen molar-refractivity contribution in [2.75, 3.05) is 53.6 Å². The Morgan fingerprint density at radius 1 is 1.03 bits per heavy atom. The predicted octanol–water partition coefficient (Wildman–Crippen LogP) is 6.02. The fourth-order valence-corrected chi connectivity index (χ4v) is 6.18. The van der Waals surface area contributed by atoms with Crippen LogP contribution in [0.3, 0.4) is 0 Å². The summed E-state index contributed by atoms with van der Waals surface area (Å²) in [6, 6.07) is 7.14. The van der Waals surface area contributed by atoms with Gasteiger partial charge < -0.3 is 14.4 Å². The van der Waals surface area contributed by atoms with Gasteiger partial charge in [0.05, 0.1) is 13.7 Å². The lowest BCUT2D eigenvalue weighted by Crippen LogP contribution is -2.40. The number of hydrogen-bond donors (Lipinski definition) is 0. The molecule has 0 amide bonds. The zero-order valence-corrected chi connectivity index (χ0v) is 22.2. The third-order valence-electron chi connectivity index (χ3n) is 7.88. The zero-order chi connectivity index (χ0) is 22.8. The molecule has 1 aromatic rings. The molecule has 0 radical (unpaired) electrons. The van der Waals surface area contributed by atoms with Crippen LogP contribution in [0.2, 0.25) is 0 Å². The number of halogens is 1. The molecule has 1 saturated carbocycles. The Bertz CT molecular complexity index is 655. The highest BCUT2D eigenvalue weighted by Crippen LogP contribution is 2.31. The SMILES string of the molecule is CCN(CCOC)C1CCC(CCCN2CCC(Cc3cc(OC)ccc3Br)CC2)CC1. The molecule has 5 heteroatoms. The van der Waals surface area contributed by atoms with Gasteiger partial charge in [-0.3, -0.25) is 4.90 Å². The first-order chi connectivity index (χ1) is 15.6. The molecule has 0 unspecified atom stereocenters. The second-order valence-electron chi connectivity index (χ2n) is 9.88. The molecular formula is C27H45BrN2O2. The summed E-state index contributed by atoms with van der Waals surface area (Å²) in [5.74, 6) is 2.71. The van der Waals surface area contributed by atoms with Crippen LogP contribution in [0, 0.1) is 11.8 Å². The van der Waals surface area contributed by atoms with E-state index in [4.69, 9.17) is 9.47 Å². The van der Waals surface area contributed by atoms with E-state index in [2.05, 4.69) is 44.8 Å². The molecule has 1 saturated heterocycles. The van der Waals surface area contributed by atoms with Crippen LogP contribution >= 0.6 is 15.9 Å². The summed E-state index contributed by atoms with van der Waals surface area (Å²) in [6.45, 7) is 9.23. The Balaban J connectivity index is 1.30. The summed E-state index contributed by atoms with van der Waals surface area (Å²) in [5.41, 5.74) is 1.39. The van der Waals surface area contributed by atoms with Crippen molar-refractivity contribution in [1.82, 2.24) is 9.80 Å². The first-order valence-corrected chi connectivity index (χ1v) is 13.7. The monoisotopic (exact) mass is 508 g/mol. The van der Waals surface area contributed by atoms with E-state index in [9.17, 15) is 0 Å². The van der Waals surface area contributed by atoms with Crippen LogP contribution in [0.5, 0.6) is 5.75 Å². The van der Waals surface area contributed by atoms with Crippen molar-refractivity contribution in [2.24, 2.45) is 11.8 Å². The van der Waals surface area contributed by atoms with Crippen LogP contribution in [0.15, 0.2) is 22.7 Å². The molecule has 1 aromatic carbocycles. The van der Waals surface area contributed by atoms with Crippen LogP contribution in [-0.2, 0) is 11.2 Å². The molecule has 4 nitrogen and oxygen atoms in total. The molecule has 2 aliphatic rings. The Kier molecular flexibility index (Phi) is 11.3. The molecule has 1 heterocycles. The van der Waals surface area contributed by atoms with E-state index in [1.165, 1.54) is 81.0 Å². The van der Waals surface area contributed by atoms with E-state index in [1.807, 2.05) is 13.2 Å². The van der Waals surface area contributed by atoms with Gasteiger partial charge in [-0.05, 0) is 120 Å². The van der Waals surface area contributed by atoms with E-state index in [0.717, 1.165) is 49.7 Å². The number of piperidine rings is 1. The second kappa shape index (κ2) is 13.9. The van der Waals surface area contributed by atoms with Gasteiger partial charge in [0.1, 0.15) is 5.75 Å². The van der Waals surface area contributed by atoms with E-state index in [0.29, 0.717) is 0 Å². The Morgan fingerprint density at radius 2 is 1.78 bits per heavy atom. The predicted molar refractivity (Wildman–Crippen MR) is 138 cm³/mol. The highest BCUT2D eigenvalue weighted by atomic mass is 79.9. The van der Waals surface area contributed by atoms with E-state index >= 15 is 0 Å². The maximum absolute atomic E-state index is 5.41. The first kappa shape index (κ1) is 26.0. The van der Waals surface area contributed by atoms with Crippen molar-refractivity contribution in [1.29, 1.82) is 0 Å². The number of rotatable bonds is 12. The zero-order valence-electron chi connectivity index (χ0n) is 20.7.